The number of pyridine rings is 1. The number of methoxy groups -OCH3 is 1. The van der Waals surface area contributed by atoms with Gasteiger partial charge in [-0.3, -0.25) is 9.52 Å². The predicted molar refractivity (Wildman–Crippen MR) is 127 cm³/mol. The summed E-state index contributed by atoms with van der Waals surface area (Å²) in [6, 6.07) is 16.3. The van der Waals surface area contributed by atoms with Crippen LogP contribution < -0.4 is 23.7 Å². The molecule has 3 heterocycles. The van der Waals surface area contributed by atoms with Crippen molar-refractivity contribution < 1.29 is 32.2 Å². The molecule has 3 aromatic rings. The van der Waals surface area contributed by atoms with Crippen molar-refractivity contribution in [1.29, 1.82) is 0 Å². The third-order valence-corrected chi connectivity index (χ3v) is 7.31. The number of aryl methyl sites for hydroxylation is 1. The van der Waals surface area contributed by atoms with Crippen molar-refractivity contribution in [3.05, 3.63) is 71.4 Å². The fourth-order valence-electron chi connectivity index (χ4n) is 4.23. The number of carbonyl (C=O) groups excluding carboxylic acids is 1. The summed E-state index contributed by atoms with van der Waals surface area (Å²) < 4.78 is 49.0. The van der Waals surface area contributed by atoms with E-state index in [1.807, 2.05) is 29.8 Å². The van der Waals surface area contributed by atoms with Gasteiger partial charge in [-0.1, -0.05) is 24.3 Å². The summed E-state index contributed by atoms with van der Waals surface area (Å²) in [5, 5.41) is 0. The Balaban J connectivity index is 1.30. The Kier molecular flexibility index (Phi) is 5.98. The van der Waals surface area contributed by atoms with Crippen molar-refractivity contribution in [2.75, 3.05) is 19.5 Å². The summed E-state index contributed by atoms with van der Waals surface area (Å²) in [7, 11) is -2.03. The van der Waals surface area contributed by atoms with Gasteiger partial charge in [0, 0.05) is 24.0 Å². The molecule has 9 nitrogen and oxygen atoms in total. The maximum absolute atomic E-state index is 11.9. The van der Waals surface area contributed by atoms with Crippen LogP contribution in [-0.4, -0.2) is 38.8 Å². The quantitative estimate of drug-likeness (QED) is 0.550. The monoisotopic (exact) mass is 496 g/mol. The lowest BCUT2D eigenvalue weighted by atomic mass is 9.97. The van der Waals surface area contributed by atoms with Crippen LogP contribution >= 0.6 is 0 Å². The number of aromatic nitrogens is 1. The van der Waals surface area contributed by atoms with Crippen molar-refractivity contribution >= 4 is 15.9 Å². The number of sulfonamides is 1. The van der Waals surface area contributed by atoms with Crippen LogP contribution in [0.2, 0.25) is 0 Å². The minimum Gasteiger partial charge on any atom is -0.485 e. The van der Waals surface area contributed by atoms with Gasteiger partial charge in [0.1, 0.15) is 18.1 Å². The van der Waals surface area contributed by atoms with Gasteiger partial charge in [-0.15, -0.1) is 0 Å². The number of amides is 1. The minimum absolute atomic E-state index is 0.116. The highest BCUT2D eigenvalue weighted by Crippen LogP contribution is 2.44. The molecule has 1 fully saturated rings. The van der Waals surface area contributed by atoms with E-state index in [4.69, 9.17) is 18.9 Å². The molecular formula is C25H24N2O7S. The van der Waals surface area contributed by atoms with Gasteiger partial charge < -0.3 is 18.9 Å². The van der Waals surface area contributed by atoms with Gasteiger partial charge in [0.2, 0.25) is 21.8 Å². The Labute approximate surface area is 203 Å². The summed E-state index contributed by atoms with van der Waals surface area (Å²) in [6.07, 6.45) is -0.203. The first kappa shape index (κ1) is 23.0. The number of carbonyl (C=O) groups is 1. The standard InChI is InChI=1S/C25H24N2O7S/c1-15-20(10-11-24(26-15)31-2)34-21-5-3-4-19-22(13-32-25(19)21)33-18-8-6-16(7-9-18)17-12-23(28)27-35(29,30)14-17/h3-11,17,22H,12-14H2,1-2H3,(H,27,28)/t17?,22-/m1/s1. The van der Waals surface area contributed by atoms with Crippen LogP contribution in [0.3, 0.4) is 0 Å². The first-order valence-corrected chi connectivity index (χ1v) is 12.7. The molecule has 2 atom stereocenters. The smallest absolute Gasteiger partial charge is 0.235 e. The Morgan fingerprint density at radius 3 is 2.57 bits per heavy atom. The molecule has 10 heteroatoms. The van der Waals surface area contributed by atoms with Gasteiger partial charge in [0.25, 0.3) is 0 Å². The zero-order valence-corrected chi connectivity index (χ0v) is 20.0. The van der Waals surface area contributed by atoms with Gasteiger partial charge in [0.05, 0.1) is 18.6 Å². The first-order chi connectivity index (χ1) is 16.8. The maximum Gasteiger partial charge on any atom is 0.235 e. The number of para-hydroxylation sites is 1. The van der Waals surface area contributed by atoms with E-state index in [9.17, 15) is 13.2 Å². The third kappa shape index (κ3) is 4.88. The van der Waals surface area contributed by atoms with Crippen LogP contribution in [0.4, 0.5) is 0 Å². The average molecular weight is 497 g/mol. The molecule has 182 valence electrons. The number of rotatable bonds is 6. The molecule has 1 aromatic heterocycles. The predicted octanol–water partition coefficient (Wildman–Crippen LogP) is 3.64. The van der Waals surface area contributed by atoms with Crippen molar-refractivity contribution in [1.82, 2.24) is 9.71 Å². The number of ether oxygens (including phenoxy) is 4. The Morgan fingerprint density at radius 2 is 1.86 bits per heavy atom. The summed E-state index contributed by atoms with van der Waals surface area (Å²) >= 11 is 0. The first-order valence-electron chi connectivity index (χ1n) is 11.1. The second-order valence-electron chi connectivity index (χ2n) is 8.41. The number of benzene rings is 2. The number of nitrogens with one attached hydrogen (secondary N) is 1. The molecule has 2 aliphatic heterocycles. The highest BCUT2D eigenvalue weighted by atomic mass is 32.2. The molecule has 5 rings (SSSR count). The molecule has 1 amide bonds. The molecule has 0 bridgehead atoms. The molecular weight excluding hydrogens is 472 g/mol. The van der Waals surface area contributed by atoms with Crippen molar-refractivity contribution in [3.63, 3.8) is 0 Å². The molecule has 35 heavy (non-hydrogen) atoms. The Bertz CT molecular complexity index is 1370. The van der Waals surface area contributed by atoms with Gasteiger partial charge in [0.15, 0.2) is 17.6 Å². The van der Waals surface area contributed by atoms with Gasteiger partial charge in [-0.25, -0.2) is 13.4 Å². The Hall–Kier alpha value is -3.79. The fourth-order valence-corrected chi connectivity index (χ4v) is 5.59. The van der Waals surface area contributed by atoms with Gasteiger partial charge >= 0.3 is 0 Å². The summed E-state index contributed by atoms with van der Waals surface area (Å²) in [4.78, 5) is 16.1. The molecule has 2 aromatic carbocycles. The third-order valence-electron chi connectivity index (χ3n) is 5.93. The topological polar surface area (TPSA) is 113 Å². The van der Waals surface area contributed by atoms with Crippen LogP contribution in [0.5, 0.6) is 28.9 Å². The Morgan fingerprint density at radius 1 is 1.06 bits per heavy atom. The van der Waals surface area contributed by atoms with E-state index in [1.54, 1.807) is 43.5 Å². The molecule has 0 saturated carbocycles. The number of hydrogen-bond donors (Lipinski definition) is 1. The summed E-state index contributed by atoms with van der Waals surface area (Å²) in [5.74, 6) is 1.92. The lowest BCUT2D eigenvalue weighted by Crippen LogP contribution is -2.40. The van der Waals surface area contributed by atoms with E-state index < -0.39 is 15.9 Å². The van der Waals surface area contributed by atoms with Gasteiger partial charge in [-0.05, 0) is 36.8 Å². The van der Waals surface area contributed by atoms with Crippen LogP contribution in [0.25, 0.3) is 0 Å². The molecule has 0 aliphatic carbocycles. The molecule has 1 N–H and O–H groups in total. The maximum atomic E-state index is 11.9. The normalized spacial score (nSPS) is 20.3. The van der Waals surface area contributed by atoms with Crippen molar-refractivity contribution in [2.45, 2.75) is 25.4 Å². The van der Waals surface area contributed by atoms with Gasteiger partial charge in [-0.2, -0.15) is 0 Å². The summed E-state index contributed by atoms with van der Waals surface area (Å²) in [5.41, 5.74) is 2.33. The minimum atomic E-state index is -3.59. The van der Waals surface area contributed by atoms with Crippen LogP contribution in [0.15, 0.2) is 54.6 Å². The van der Waals surface area contributed by atoms with E-state index in [-0.39, 0.29) is 24.2 Å². The van der Waals surface area contributed by atoms with Crippen LogP contribution in [0.1, 0.15) is 35.3 Å². The van der Waals surface area contributed by atoms with Crippen LogP contribution in [-0.2, 0) is 14.8 Å². The zero-order valence-electron chi connectivity index (χ0n) is 19.2. The fraction of sp³-hybridized carbons (Fsp3) is 0.280. The molecule has 0 radical (unpaired) electrons. The number of fused-ring (bicyclic) bond motifs is 1. The van der Waals surface area contributed by atoms with Crippen molar-refractivity contribution in [2.24, 2.45) is 0 Å². The largest absolute Gasteiger partial charge is 0.485 e. The highest BCUT2D eigenvalue weighted by Gasteiger charge is 2.31. The SMILES string of the molecule is COc1ccc(Oc2cccc3c2OC[C@H]3Oc2ccc(C3CC(=O)NS(=O)(=O)C3)cc2)c(C)n1. The highest BCUT2D eigenvalue weighted by molar-refractivity contribution is 7.90. The van der Waals surface area contributed by atoms with Crippen molar-refractivity contribution in [3.8, 4) is 28.9 Å². The van der Waals surface area contributed by atoms with E-state index in [0.29, 0.717) is 41.2 Å². The van der Waals surface area contributed by atoms with E-state index in [0.717, 1.165) is 11.1 Å². The van der Waals surface area contributed by atoms with Crippen LogP contribution in [0, 0.1) is 6.92 Å². The lowest BCUT2D eigenvalue weighted by Gasteiger charge is -2.22. The molecule has 1 unspecified atom stereocenters. The van der Waals surface area contributed by atoms with E-state index in [2.05, 4.69) is 4.98 Å². The zero-order chi connectivity index (χ0) is 24.6. The second kappa shape index (κ2) is 9.10. The summed E-state index contributed by atoms with van der Waals surface area (Å²) in [6.45, 7) is 2.16. The number of nitrogens with zero attached hydrogens (tertiary/aromatic N) is 1. The number of hydrogen-bond acceptors (Lipinski definition) is 8. The van der Waals surface area contributed by atoms with E-state index >= 15 is 0 Å². The van der Waals surface area contributed by atoms with E-state index in [1.165, 1.54) is 0 Å². The molecule has 1 saturated heterocycles. The lowest BCUT2D eigenvalue weighted by molar-refractivity contribution is -0.119. The average Bonchev–Trinajstić information content (AvgIpc) is 3.23. The molecule has 0 spiro atoms. The molecule has 2 aliphatic rings. The second-order valence-corrected chi connectivity index (χ2v) is 10.2.